The molecule has 0 aromatic heterocycles. The van der Waals surface area contributed by atoms with Gasteiger partial charge in [-0.1, -0.05) is 60.7 Å². The Labute approximate surface area is 170 Å². The molecular formula is C23H24O6. The smallest absolute Gasteiger partial charge is 0.225 e. The van der Waals surface area contributed by atoms with Crippen molar-refractivity contribution >= 4 is 6.29 Å². The Kier molecular flexibility index (Phi) is 5.41. The van der Waals surface area contributed by atoms with Crippen LogP contribution in [0, 0.1) is 0 Å². The summed E-state index contributed by atoms with van der Waals surface area (Å²) in [5.41, 5.74) is 0.548. The summed E-state index contributed by atoms with van der Waals surface area (Å²) in [5, 5.41) is 0. The van der Waals surface area contributed by atoms with Crippen LogP contribution < -0.4 is 0 Å². The molecule has 29 heavy (non-hydrogen) atoms. The first kappa shape index (κ1) is 19.6. The molecule has 0 amide bonds. The minimum absolute atomic E-state index is 0.0112. The maximum absolute atomic E-state index is 12.2. The molecule has 6 heteroatoms. The quantitative estimate of drug-likeness (QED) is 0.634. The van der Waals surface area contributed by atoms with Gasteiger partial charge in [-0.25, -0.2) is 0 Å². The first-order chi connectivity index (χ1) is 14.0. The molecule has 2 aromatic rings. The number of hydrogen-bond acceptors (Lipinski definition) is 6. The van der Waals surface area contributed by atoms with Gasteiger partial charge in [0, 0.05) is 13.8 Å². The van der Waals surface area contributed by atoms with Gasteiger partial charge in [-0.15, -0.1) is 0 Å². The lowest BCUT2D eigenvalue weighted by Crippen LogP contribution is -2.42. The van der Waals surface area contributed by atoms with Gasteiger partial charge in [-0.05, 0) is 11.1 Å². The molecule has 2 atom stereocenters. The molecular weight excluding hydrogens is 372 g/mol. The summed E-state index contributed by atoms with van der Waals surface area (Å²) in [6, 6.07) is 19.4. The van der Waals surface area contributed by atoms with Crippen molar-refractivity contribution in [3.05, 3.63) is 83.3 Å². The molecule has 0 bridgehead atoms. The Balaban J connectivity index is 1.54. The molecule has 4 rings (SSSR count). The second-order valence-electron chi connectivity index (χ2n) is 7.52. The van der Waals surface area contributed by atoms with E-state index in [0.717, 1.165) is 11.1 Å². The Morgan fingerprint density at radius 1 is 0.931 bits per heavy atom. The average Bonchev–Trinajstić information content (AvgIpc) is 3.17. The van der Waals surface area contributed by atoms with Gasteiger partial charge in [0.1, 0.15) is 6.61 Å². The molecule has 2 aliphatic heterocycles. The van der Waals surface area contributed by atoms with Crippen molar-refractivity contribution in [2.45, 2.75) is 44.7 Å². The number of rotatable bonds is 8. The molecule has 152 valence electrons. The molecule has 0 saturated carbocycles. The van der Waals surface area contributed by atoms with Gasteiger partial charge in [-0.2, -0.15) is 0 Å². The summed E-state index contributed by atoms with van der Waals surface area (Å²) >= 11 is 0. The summed E-state index contributed by atoms with van der Waals surface area (Å²) in [6.07, 6.45) is -0.107. The minimum Gasteiger partial charge on any atom is -0.486 e. The molecule has 0 N–H and O–H groups in total. The normalized spacial score (nSPS) is 24.8. The van der Waals surface area contributed by atoms with E-state index in [-0.39, 0.29) is 13.2 Å². The molecule has 6 nitrogen and oxygen atoms in total. The van der Waals surface area contributed by atoms with Crippen LogP contribution >= 0.6 is 0 Å². The van der Waals surface area contributed by atoms with E-state index >= 15 is 0 Å². The van der Waals surface area contributed by atoms with E-state index in [1.807, 2.05) is 60.7 Å². The van der Waals surface area contributed by atoms with Gasteiger partial charge in [0.15, 0.2) is 17.8 Å². The topological polar surface area (TPSA) is 63.2 Å². The SMILES string of the molecule is CC1(C)OC2=C(OCc3ccccc3)[C@@](C=O)(COCc3ccccc3)O[C@@H]2O1. The lowest BCUT2D eigenvalue weighted by atomic mass is 10.1. The molecule has 0 spiro atoms. The van der Waals surface area contributed by atoms with E-state index in [9.17, 15) is 4.79 Å². The average molecular weight is 396 g/mol. The number of carbonyl (C=O) groups excluding carboxylic acids is 1. The molecule has 2 aliphatic rings. The van der Waals surface area contributed by atoms with Crippen molar-refractivity contribution in [1.29, 1.82) is 0 Å². The van der Waals surface area contributed by atoms with Crippen LogP contribution in [0.1, 0.15) is 25.0 Å². The van der Waals surface area contributed by atoms with Crippen molar-refractivity contribution in [2.24, 2.45) is 0 Å². The zero-order chi connectivity index (χ0) is 20.3. The summed E-state index contributed by atoms with van der Waals surface area (Å²) < 4.78 is 29.5. The van der Waals surface area contributed by atoms with Gasteiger partial charge in [0.25, 0.3) is 0 Å². The van der Waals surface area contributed by atoms with Crippen LogP contribution in [0.2, 0.25) is 0 Å². The fourth-order valence-electron chi connectivity index (χ4n) is 3.36. The Morgan fingerprint density at radius 2 is 1.55 bits per heavy atom. The molecule has 0 unspecified atom stereocenters. The second-order valence-corrected chi connectivity index (χ2v) is 7.52. The van der Waals surface area contributed by atoms with Crippen molar-refractivity contribution < 1.29 is 28.5 Å². The van der Waals surface area contributed by atoms with E-state index in [1.165, 1.54) is 0 Å². The van der Waals surface area contributed by atoms with Gasteiger partial charge in [-0.3, -0.25) is 4.79 Å². The highest BCUT2D eigenvalue weighted by atomic mass is 16.8. The van der Waals surface area contributed by atoms with Crippen LogP contribution in [0.15, 0.2) is 72.2 Å². The van der Waals surface area contributed by atoms with Crippen LogP contribution in [0.3, 0.4) is 0 Å². The number of aldehydes is 1. The Morgan fingerprint density at radius 3 is 2.17 bits per heavy atom. The van der Waals surface area contributed by atoms with Gasteiger partial charge in [0.05, 0.1) is 13.2 Å². The summed E-state index contributed by atoms with van der Waals surface area (Å²) in [6.45, 7) is 4.17. The number of ether oxygens (including phenoxy) is 5. The molecule has 0 radical (unpaired) electrons. The molecule has 1 saturated heterocycles. The van der Waals surface area contributed by atoms with Crippen LogP contribution in [0.4, 0.5) is 0 Å². The number of carbonyl (C=O) groups is 1. The van der Waals surface area contributed by atoms with E-state index in [1.54, 1.807) is 13.8 Å². The zero-order valence-electron chi connectivity index (χ0n) is 16.5. The predicted octanol–water partition coefficient (Wildman–Crippen LogP) is 3.71. The highest BCUT2D eigenvalue weighted by molar-refractivity contribution is 5.70. The number of fused-ring (bicyclic) bond motifs is 1. The third-order valence-corrected chi connectivity index (χ3v) is 4.73. The zero-order valence-corrected chi connectivity index (χ0v) is 16.5. The molecule has 2 heterocycles. The van der Waals surface area contributed by atoms with Crippen molar-refractivity contribution in [1.82, 2.24) is 0 Å². The van der Waals surface area contributed by atoms with Crippen molar-refractivity contribution in [2.75, 3.05) is 6.61 Å². The van der Waals surface area contributed by atoms with Crippen LogP contribution in [0.25, 0.3) is 0 Å². The van der Waals surface area contributed by atoms with E-state index in [0.29, 0.717) is 24.4 Å². The third-order valence-electron chi connectivity index (χ3n) is 4.73. The van der Waals surface area contributed by atoms with Crippen LogP contribution in [-0.4, -0.2) is 30.6 Å². The minimum atomic E-state index is -1.42. The summed E-state index contributed by atoms with van der Waals surface area (Å²) in [7, 11) is 0. The molecule has 1 fully saturated rings. The van der Waals surface area contributed by atoms with Gasteiger partial charge < -0.3 is 23.7 Å². The van der Waals surface area contributed by atoms with Gasteiger partial charge >= 0.3 is 0 Å². The molecule has 2 aromatic carbocycles. The van der Waals surface area contributed by atoms with E-state index in [4.69, 9.17) is 23.7 Å². The first-order valence-electron chi connectivity index (χ1n) is 9.55. The fourth-order valence-corrected chi connectivity index (χ4v) is 3.36. The second kappa shape index (κ2) is 7.99. The summed E-state index contributed by atoms with van der Waals surface area (Å²) in [5.74, 6) is -0.164. The maximum Gasteiger partial charge on any atom is 0.225 e. The van der Waals surface area contributed by atoms with Crippen LogP contribution in [-0.2, 0) is 41.7 Å². The summed E-state index contributed by atoms with van der Waals surface area (Å²) in [4.78, 5) is 12.2. The van der Waals surface area contributed by atoms with Gasteiger partial charge in [0.2, 0.25) is 17.7 Å². The lowest BCUT2D eigenvalue weighted by Gasteiger charge is -2.28. The van der Waals surface area contributed by atoms with E-state index in [2.05, 4.69) is 0 Å². The van der Waals surface area contributed by atoms with E-state index < -0.39 is 17.7 Å². The van der Waals surface area contributed by atoms with Crippen molar-refractivity contribution in [3.8, 4) is 0 Å². The third kappa shape index (κ3) is 4.19. The highest BCUT2D eigenvalue weighted by Crippen LogP contribution is 2.45. The molecule has 0 aliphatic carbocycles. The largest absolute Gasteiger partial charge is 0.486 e. The fraction of sp³-hybridized carbons (Fsp3) is 0.348. The maximum atomic E-state index is 12.2. The monoisotopic (exact) mass is 396 g/mol. The lowest BCUT2D eigenvalue weighted by molar-refractivity contribution is -0.227. The predicted molar refractivity (Wildman–Crippen MR) is 104 cm³/mol. The Hall–Kier alpha value is -2.67. The van der Waals surface area contributed by atoms with Crippen LogP contribution in [0.5, 0.6) is 0 Å². The number of benzene rings is 2. The standard InChI is InChI=1S/C23H24O6/c1-22(2)27-19-20(26-14-18-11-7-4-8-12-18)23(15-24,29-21(19)28-22)16-25-13-17-9-5-3-6-10-17/h3-12,15,21H,13-14,16H2,1-2H3/t21-,23+/m0/s1. The Bertz CT molecular complexity index is 877. The number of hydrogen-bond donors (Lipinski definition) is 0. The van der Waals surface area contributed by atoms with Crippen molar-refractivity contribution in [3.63, 3.8) is 0 Å². The first-order valence-corrected chi connectivity index (χ1v) is 9.55. The highest BCUT2D eigenvalue weighted by Gasteiger charge is 2.57.